The molecule has 0 aromatic carbocycles. The van der Waals surface area contributed by atoms with Gasteiger partial charge in [0.2, 0.25) is 0 Å². The Labute approximate surface area is 244 Å². The van der Waals surface area contributed by atoms with Crippen molar-refractivity contribution in [3.8, 4) is 0 Å². The summed E-state index contributed by atoms with van der Waals surface area (Å²) in [6.07, 6.45) is 7.75. The smallest absolute Gasteiger partial charge is 0.463 e. The van der Waals surface area contributed by atoms with Crippen LogP contribution in [0, 0.1) is 0 Å². The highest BCUT2D eigenvalue weighted by Gasteiger charge is 2.43. The van der Waals surface area contributed by atoms with Gasteiger partial charge in [-0.3, -0.25) is 19.2 Å². The number of aliphatic hydroxyl groups is 5. The molecule has 14 heteroatoms. The topological polar surface area (TPSA) is 204 Å². The van der Waals surface area contributed by atoms with Crippen LogP contribution in [0.5, 0.6) is 0 Å². The Morgan fingerprint density at radius 3 is 1.98 bits per heavy atom. The fourth-order valence-electron chi connectivity index (χ4n) is 4.45. The predicted octanol–water partition coefficient (Wildman–Crippen LogP) is 1.89. The zero-order valence-electron chi connectivity index (χ0n) is 24.5. The Hall–Kier alpha value is -0.700. The van der Waals surface area contributed by atoms with Gasteiger partial charge >= 0.3 is 13.8 Å². The first-order chi connectivity index (χ1) is 19.6. The summed E-state index contributed by atoms with van der Waals surface area (Å²) >= 11 is 0. The molecule has 1 aliphatic heterocycles. The molecule has 0 bridgehead atoms. The molecule has 13 nitrogen and oxygen atoms in total. The third kappa shape index (κ3) is 17.9. The second-order valence-corrected chi connectivity index (χ2v) is 12.1. The number of carbonyl (C=O) groups is 1. The quantitative estimate of drug-likeness (QED) is 0.0446. The van der Waals surface area contributed by atoms with Gasteiger partial charge in [0.05, 0.1) is 19.8 Å². The van der Waals surface area contributed by atoms with Crippen LogP contribution in [0.1, 0.15) is 96.8 Å². The summed E-state index contributed by atoms with van der Waals surface area (Å²) < 4.78 is 31.7. The van der Waals surface area contributed by atoms with Crippen molar-refractivity contribution < 1.29 is 58.3 Å². The first kappa shape index (κ1) is 38.3. The lowest BCUT2D eigenvalue weighted by Crippen LogP contribution is -2.62. The Bertz CT molecular complexity index is 716. The minimum absolute atomic E-state index is 0.115. The van der Waals surface area contributed by atoms with Crippen LogP contribution in [-0.2, 0) is 27.9 Å². The maximum absolute atomic E-state index is 12.0. The van der Waals surface area contributed by atoms with Crippen LogP contribution in [0.15, 0.2) is 0 Å². The number of rotatable bonds is 25. The van der Waals surface area contributed by atoms with Crippen LogP contribution >= 0.6 is 7.82 Å². The fourth-order valence-corrected chi connectivity index (χ4v) is 5.20. The predicted molar refractivity (Wildman–Crippen MR) is 151 cm³/mol. The van der Waals surface area contributed by atoms with E-state index in [1.165, 1.54) is 57.8 Å². The van der Waals surface area contributed by atoms with Crippen molar-refractivity contribution in [3.63, 3.8) is 0 Å². The SMILES string of the molecule is CCCCCCCCCCCCCCCC(=O)OC[C@@H](O)COP(=O)(O)OCCNC1OC(CO)C(O)C(O)C1O. The average Bonchev–Trinajstić information content (AvgIpc) is 2.95. The van der Waals surface area contributed by atoms with Crippen LogP contribution in [0.2, 0.25) is 0 Å². The number of hydrogen-bond donors (Lipinski definition) is 7. The van der Waals surface area contributed by atoms with E-state index in [2.05, 4.69) is 12.2 Å². The van der Waals surface area contributed by atoms with Crippen LogP contribution in [0.3, 0.4) is 0 Å². The molecule has 0 saturated carbocycles. The molecule has 244 valence electrons. The van der Waals surface area contributed by atoms with Crippen LogP contribution in [-0.4, -0.2) is 106 Å². The highest BCUT2D eigenvalue weighted by atomic mass is 31.2. The van der Waals surface area contributed by atoms with E-state index in [1.807, 2.05) is 0 Å². The van der Waals surface area contributed by atoms with Gasteiger partial charge in [-0.05, 0) is 6.42 Å². The van der Waals surface area contributed by atoms with E-state index in [0.717, 1.165) is 19.3 Å². The minimum Gasteiger partial charge on any atom is -0.463 e. The molecule has 0 aliphatic carbocycles. The summed E-state index contributed by atoms with van der Waals surface area (Å²) in [5.74, 6) is -0.449. The molecule has 0 radical (unpaired) electrons. The molecule has 0 aromatic rings. The average molecular weight is 616 g/mol. The van der Waals surface area contributed by atoms with Crippen molar-refractivity contribution in [1.29, 1.82) is 0 Å². The largest absolute Gasteiger partial charge is 0.472 e. The number of phosphoric acid groups is 1. The Balaban J connectivity index is 2.03. The molecule has 41 heavy (non-hydrogen) atoms. The summed E-state index contributed by atoms with van der Waals surface area (Å²) in [7, 11) is -4.54. The molecule has 1 rings (SSSR count). The van der Waals surface area contributed by atoms with Gasteiger partial charge in [0.25, 0.3) is 0 Å². The van der Waals surface area contributed by atoms with E-state index >= 15 is 0 Å². The molecular formula is C27H54NO12P. The van der Waals surface area contributed by atoms with Gasteiger partial charge in [-0.2, -0.15) is 0 Å². The minimum atomic E-state index is -4.54. The summed E-state index contributed by atoms with van der Waals surface area (Å²) in [5, 5.41) is 51.2. The van der Waals surface area contributed by atoms with Gasteiger partial charge in [0.1, 0.15) is 43.4 Å². The molecule has 1 fully saturated rings. The monoisotopic (exact) mass is 615 g/mol. The van der Waals surface area contributed by atoms with Crippen molar-refractivity contribution in [3.05, 3.63) is 0 Å². The highest BCUT2D eigenvalue weighted by Crippen LogP contribution is 2.42. The lowest BCUT2D eigenvalue weighted by Gasteiger charge is -2.40. The van der Waals surface area contributed by atoms with E-state index < -0.39 is 63.8 Å². The number of ether oxygens (including phenoxy) is 2. The molecule has 0 aromatic heterocycles. The molecular weight excluding hydrogens is 561 g/mol. The number of carbonyl (C=O) groups excluding carboxylic acids is 1. The van der Waals surface area contributed by atoms with Gasteiger partial charge in [0.15, 0.2) is 0 Å². The van der Waals surface area contributed by atoms with Crippen molar-refractivity contribution in [2.75, 3.05) is 33.0 Å². The van der Waals surface area contributed by atoms with E-state index in [1.54, 1.807) is 0 Å². The van der Waals surface area contributed by atoms with Crippen molar-refractivity contribution >= 4 is 13.8 Å². The third-order valence-corrected chi connectivity index (χ3v) is 7.93. The molecule has 7 N–H and O–H groups in total. The fraction of sp³-hybridized carbons (Fsp3) is 0.963. The first-order valence-corrected chi connectivity index (χ1v) is 16.6. The molecule has 1 saturated heterocycles. The molecule has 1 aliphatic rings. The van der Waals surface area contributed by atoms with Gasteiger partial charge < -0.3 is 39.9 Å². The van der Waals surface area contributed by atoms with Crippen molar-refractivity contribution in [2.24, 2.45) is 0 Å². The summed E-state index contributed by atoms with van der Waals surface area (Å²) in [6, 6.07) is 0. The van der Waals surface area contributed by atoms with E-state index in [4.69, 9.17) is 18.5 Å². The maximum atomic E-state index is 12.0. The van der Waals surface area contributed by atoms with E-state index in [-0.39, 0.29) is 26.2 Å². The second kappa shape index (κ2) is 22.8. The standard InChI is InChI=1S/C27H54NO12P/c1-2-3-4-5-6-7-8-9-10-11-12-13-14-15-23(31)37-19-21(30)20-39-41(35,36)38-17-16-28-27-26(34)25(33)24(32)22(18-29)40-27/h21-22,24-30,32-34H,2-20H2,1H3,(H,35,36)/t21-,22?,24?,25?,26?,27?/m1/s1. The maximum Gasteiger partial charge on any atom is 0.472 e. The number of esters is 1. The number of phosphoric ester groups is 1. The van der Waals surface area contributed by atoms with Crippen molar-refractivity contribution in [2.45, 2.75) is 134 Å². The summed E-state index contributed by atoms with van der Waals surface area (Å²) in [6.45, 7) is 0.183. The summed E-state index contributed by atoms with van der Waals surface area (Å²) in [5.41, 5.74) is 0. The molecule has 6 unspecified atom stereocenters. The molecule has 1 heterocycles. The lowest BCUT2D eigenvalue weighted by molar-refractivity contribution is -0.236. The normalized spacial score (nSPS) is 25.1. The zero-order valence-corrected chi connectivity index (χ0v) is 25.4. The van der Waals surface area contributed by atoms with Gasteiger partial charge in [-0.25, -0.2) is 4.57 Å². The third-order valence-electron chi connectivity index (χ3n) is 6.95. The first-order valence-electron chi connectivity index (χ1n) is 15.1. The van der Waals surface area contributed by atoms with Crippen LogP contribution in [0.25, 0.3) is 0 Å². The van der Waals surface area contributed by atoms with E-state index in [9.17, 15) is 39.8 Å². The lowest BCUT2D eigenvalue weighted by atomic mass is 9.98. The number of aliphatic hydroxyl groups excluding tert-OH is 5. The van der Waals surface area contributed by atoms with E-state index in [0.29, 0.717) is 6.42 Å². The number of nitrogens with one attached hydrogen (secondary N) is 1. The second-order valence-electron chi connectivity index (χ2n) is 10.6. The Kier molecular flexibility index (Phi) is 21.3. The number of hydrogen-bond acceptors (Lipinski definition) is 12. The van der Waals surface area contributed by atoms with Gasteiger partial charge in [0, 0.05) is 13.0 Å². The Morgan fingerprint density at radius 2 is 1.41 bits per heavy atom. The molecule has 0 amide bonds. The summed E-state index contributed by atoms with van der Waals surface area (Å²) in [4.78, 5) is 21.6. The molecule has 0 spiro atoms. The number of unbranched alkanes of at least 4 members (excludes halogenated alkanes) is 12. The Morgan fingerprint density at radius 1 is 0.854 bits per heavy atom. The zero-order chi connectivity index (χ0) is 30.5. The van der Waals surface area contributed by atoms with Crippen LogP contribution in [0.4, 0.5) is 0 Å². The van der Waals surface area contributed by atoms with Gasteiger partial charge in [-0.15, -0.1) is 0 Å². The highest BCUT2D eigenvalue weighted by molar-refractivity contribution is 7.47. The van der Waals surface area contributed by atoms with Gasteiger partial charge in [-0.1, -0.05) is 84.0 Å². The van der Waals surface area contributed by atoms with Crippen molar-refractivity contribution in [1.82, 2.24) is 5.32 Å². The molecule has 7 atom stereocenters. The van der Waals surface area contributed by atoms with Crippen LogP contribution < -0.4 is 5.32 Å².